The zero-order chi connectivity index (χ0) is 37.1. The first kappa shape index (κ1) is 37.0. The summed E-state index contributed by atoms with van der Waals surface area (Å²) in [6.45, 7) is 9.50. The predicted octanol–water partition coefficient (Wildman–Crippen LogP) is 8.13. The molecule has 0 N–H and O–H groups in total. The highest BCUT2D eigenvalue weighted by atomic mass is 79.9. The Bertz CT molecular complexity index is 2000. The van der Waals surface area contributed by atoms with Crippen molar-refractivity contribution in [1.29, 1.82) is 0 Å². The van der Waals surface area contributed by atoms with Crippen molar-refractivity contribution in [3.05, 3.63) is 82.5 Å². The van der Waals surface area contributed by atoms with Crippen molar-refractivity contribution in [2.24, 2.45) is 17.8 Å². The third kappa shape index (κ3) is 8.13. The number of methoxy groups -OCH3 is 1. The van der Waals surface area contributed by atoms with E-state index in [1.807, 2.05) is 33.8 Å². The maximum Gasteiger partial charge on any atom is 0.321 e. The molecule has 1 aliphatic heterocycles. The summed E-state index contributed by atoms with van der Waals surface area (Å²) in [5, 5.41) is 16.7. The lowest BCUT2D eigenvalue weighted by atomic mass is 9.82. The third-order valence-corrected chi connectivity index (χ3v) is 9.41. The van der Waals surface area contributed by atoms with Crippen LogP contribution in [-0.4, -0.2) is 59.9 Å². The summed E-state index contributed by atoms with van der Waals surface area (Å²) in [5.41, 5.74) is 1.03. The van der Waals surface area contributed by atoms with Gasteiger partial charge in [-0.05, 0) is 98.5 Å². The van der Waals surface area contributed by atoms with Gasteiger partial charge in [-0.1, -0.05) is 12.1 Å². The molecular weight excluding hydrogens is 750 g/mol. The van der Waals surface area contributed by atoms with Gasteiger partial charge < -0.3 is 19.1 Å². The lowest BCUT2D eigenvalue weighted by Crippen LogP contribution is -2.42. The molecule has 2 aromatic carbocycles. The van der Waals surface area contributed by atoms with E-state index in [9.17, 15) is 17.6 Å². The van der Waals surface area contributed by atoms with Crippen molar-refractivity contribution in [2.75, 3.05) is 25.1 Å². The minimum Gasteiger partial charge on any atom is -0.480 e. The van der Waals surface area contributed by atoms with E-state index in [0.29, 0.717) is 34.2 Å². The highest BCUT2D eigenvalue weighted by Gasteiger charge is 2.43. The lowest BCUT2D eigenvalue weighted by molar-refractivity contribution is 0.265. The van der Waals surface area contributed by atoms with Gasteiger partial charge in [0.25, 0.3) is 0 Å². The molecule has 0 spiro atoms. The number of benzene rings is 2. The van der Waals surface area contributed by atoms with Crippen molar-refractivity contribution in [2.45, 2.75) is 59.0 Å². The highest BCUT2D eigenvalue weighted by molar-refractivity contribution is 9.10. The molecule has 3 aromatic heterocycles. The summed E-state index contributed by atoms with van der Waals surface area (Å²) < 4.78 is 73.8. The van der Waals surface area contributed by atoms with Crippen molar-refractivity contribution in [1.82, 2.24) is 39.7 Å². The minimum atomic E-state index is -1.05. The molecule has 7 rings (SSSR count). The van der Waals surface area contributed by atoms with Gasteiger partial charge in [0.1, 0.15) is 0 Å². The number of piperidine rings is 1. The molecule has 3 atom stereocenters. The summed E-state index contributed by atoms with van der Waals surface area (Å²) in [4.78, 5) is 10.9. The number of fused-ring (bicyclic) bond motifs is 2. The molecule has 17 heteroatoms. The second-order valence-electron chi connectivity index (χ2n) is 13.2. The SMILES string of the molecule is CC(C)n1nc(Br)nc1Oc1cccc(F)c1F.COc1cc(N2C[C@H]3CC[C@@H](C2)C3Cc2nc(Oc3cccc(F)c3F)n(C(C)C)n2)cnn1. The summed E-state index contributed by atoms with van der Waals surface area (Å²) in [6.07, 6.45) is 4.82. The van der Waals surface area contributed by atoms with E-state index in [0.717, 1.165) is 50.2 Å². The number of anilines is 1. The van der Waals surface area contributed by atoms with Gasteiger partial charge in [-0.15, -0.1) is 10.2 Å². The second kappa shape index (κ2) is 15.8. The Hall–Kier alpha value is -4.80. The van der Waals surface area contributed by atoms with Gasteiger partial charge in [-0.2, -0.15) is 28.9 Å². The largest absolute Gasteiger partial charge is 0.480 e. The Balaban J connectivity index is 0.000000217. The summed E-state index contributed by atoms with van der Waals surface area (Å²) in [7, 11) is 1.59. The van der Waals surface area contributed by atoms with Crippen LogP contribution in [0.25, 0.3) is 0 Å². The summed E-state index contributed by atoms with van der Waals surface area (Å²) in [6, 6.07) is 9.69. The van der Waals surface area contributed by atoms with Crippen molar-refractivity contribution in [3.8, 4) is 29.4 Å². The van der Waals surface area contributed by atoms with Crippen LogP contribution in [-0.2, 0) is 6.42 Å². The fraction of sp³-hybridized carbons (Fsp3) is 0.429. The topological polar surface area (TPSA) is 118 Å². The molecule has 276 valence electrons. The molecule has 1 saturated heterocycles. The Morgan fingerprint density at radius 2 is 1.37 bits per heavy atom. The molecule has 1 saturated carbocycles. The maximum atomic E-state index is 14.2. The molecule has 2 aliphatic rings. The van der Waals surface area contributed by atoms with Gasteiger partial charge in [0.2, 0.25) is 22.2 Å². The van der Waals surface area contributed by atoms with Crippen LogP contribution >= 0.6 is 15.9 Å². The van der Waals surface area contributed by atoms with Crippen LogP contribution in [0.2, 0.25) is 0 Å². The number of ether oxygens (including phenoxy) is 3. The van der Waals surface area contributed by atoms with E-state index in [4.69, 9.17) is 14.2 Å². The minimum absolute atomic E-state index is 0.0181. The van der Waals surface area contributed by atoms with Gasteiger partial charge >= 0.3 is 12.0 Å². The molecule has 2 bridgehead atoms. The van der Waals surface area contributed by atoms with E-state index in [-0.39, 0.29) is 35.6 Å². The molecule has 4 heterocycles. The van der Waals surface area contributed by atoms with Crippen molar-refractivity contribution in [3.63, 3.8) is 0 Å². The molecule has 2 fully saturated rings. The fourth-order valence-corrected chi connectivity index (χ4v) is 6.88. The van der Waals surface area contributed by atoms with E-state index in [1.165, 1.54) is 28.9 Å². The van der Waals surface area contributed by atoms with E-state index in [2.05, 4.69) is 51.2 Å². The van der Waals surface area contributed by atoms with Crippen molar-refractivity contribution < 1.29 is 31.8 Å². The van der Waals surface area contributed by atoms with Gasteiger partial charge in [-0.3, -0.25) is 0 Å². The summed E-state index contributed by atoms with van der Waals surface area (Å²) in [5.74, 6) is -1.78. The average molecular weight is 789 g/mol. The van der Waals surface area contributed by atoms with Crippen LogP contribution in [0.1, 0.15) is 58.4 Å². The number of aromatic nitrogens is 8. The van der Waals surface area contributed by atoms with E-state index in [1.54, 1.807) is 18.0 Å². The zero-order valence-corrected chi connectivity index (χ0v) is 30.8. The monoisotopic (exact) mass is 787 g/mol. The van der Waals surface area contributed by atoms with Gasteiger partial charge in [-0.25, -0.2) is 18.1 Å². The van der Waals surface area contributed by atoms with Crippen LogP contribution in [0.4, 0.5) is 23.2 Å². The zero-order valence-electron chi connectivity index (χ0n) is 29.2. The number of rotatable bonds is 10. The van der Waals surface area contributed by atoms with Crippen LogP contribution in [0.15, 0.2) is 53.4 Å². The molecule has 0 amide bonds. The number of hydrogen-bond donors (Lipinski definition) is 0. The number of halogens is 5. The standard InChI is InChI=1S/C24H28F2N6O2.C11H10BrF2N3O/c1-14(2)32-24(34-20-6-4-5-19(25)23(20)26)28-21(30-32)10-18-15-7-8-16(18)13-31(12-15)17-9-22(33-3)29-27-11-17;1-6(2)17-11(15-10(12)16-17)18-8-5-3-4-7(13)9(8)14/h4-6,9,11,14-16,18H,7-8,10,12-13H2,1-3H3;3-6H,1-2H3/t15-,16+,18?;. The molecule has 0 radical (unpaired) electrons. The molecule has 52 heavy (non-hydrogen) atoms. The van der Waals surface area contributed by atoms with Gasteiger partial charge in [0, 0.05) is 25.6 Å². The highest BCUT2D eigenvalue weighted by Crippen LogP contribution is 2.45. The Labute approximate surface area is 306 Å². The molecule has 1 unspecified atom stereocenters. The van der Waals surface area contributed by atoms with E-state index >= 15 is 0 Å². The maximum absolute atomic E-state index is 14.2. The Morgan fingerprint density at radius 1 is 0.808 bits per heavy atom. The molecule has 1 aliphatic carbocycles. The van der Waals surface area contributed by atoms with Gasteiger partial charge in [0.05, 0.1) is 31.1 Å². The Kier molecular flexibility index (Phi) is 11.3. The van der Waals surface area contributed by atoms with Crippen molar-refractivity contribution >= 4 is 21.6 Å². The first-order valence-electron chi connectivity index (χ1n) is 16.8. The predicted molar refractivity (Wildman–Crippen MR) is 186 cm³/mol. The first-order valence-corrected chi connectivity index (χ1v) is 17.6. The van der Waals surface area contributed by atoms with E-state index < -0.39 is 23.3 Å². The molecule has 12 nitrogen and oxygen atoms in total. The number of hydrogen-bond acceptors (Lipinski definition) is 10. The summed E-state index contributed by atoms with van der Waals surface area (Å²) >= 11 is 3.11. The second-order valence-corrected chi connectivity index (χ2v) is 13.9. The molecular formula is C35H38BrF4N9O3. The van der Waals surface area contributed by atoms with Crippen LogP contribution < -0.4 is 19.1 Å². The number of nitrogens with zero attached hydrogens (tertiary/aromatic N) is 9. The third-order valence-electron chi connectivity index (χ3n) is 9.07. The smallest absolute Gasteiger partial charge is 0.321 e. The van der Waals surface area contributed by atoms with Crippen LogP contribution in [0, 0.1) is 41.0 Å². The lowest BCUT2D eigenvalue weighted by Gasteiger charge is -2.38. The fourth-order valence-electron chi connectivity index (χ4n) is 6.56. The van der Waals surface area contributed by atoms with Crippen LogP contribution in [0.5, 0.6) is 29.4 Å². The average Bonchev–Trinajstić information content (AvgIpc) is 3.77. The first-order chi connectivity index (χ1) is 24.9. The molecule has 5 aromatic rings. The Morgan fingerprint density at radius 3 is 1.92 bits per heavy atom. The quantitative estimate of drug-likeness (QED) is 0.129. The normalized spacial score (nSPS) is 18.1. The van der Waals surface area contributed by atoms with Crippen LogP contribution in [0.3, 0.4) is 0 Å². The van der Waals surface area contributed by atoms with Gasteiger partial charge in [0.15, 0.2) is 29.0 Å².